The quantitative estimate of drug-likeness (QED) is 0.792. The van der Waals surface area contributed by atoms with Crippen LogP contribution >= 0.6 is 0 Å². The van der Waals surface area contributed by atoms with Crippen LogP contribution in [0.1, 0.15) is 36.0 Å². The molecular formula is C24H32FNO2. The molecule has 28 heavy (non-hydrogen) atoms. The Bertz CT molecular complexity index is 807. The molecule has 0 aliphatic heterocycles. The van der Waals surface area contributed by atoms with E-state index in [2.05, 4.69) is 17.0 Å². The summed E-state index contributed by atoms with van der Waals surface area (Å²) < 4.78 is 19.1. The van der Waals surface area contributed by atoms with E-state index in [-0.39, 0.29) is 11.7 Å². The zero-order chi connectivity index (χ0) is 20.3. The van der Waals surface area contributed by atoms with Gasteiger partial charge in [-0.1, -0.05) is 24.3 Å². The first-order valence-electron chi connectivity index (χ1n) is 10.1. The number of methoxy groups -OCH3 is 1. The Labute approximate surface area is 168 Å². The number of aryl methyl sites for hydroxylation is 1. The molecule has 2 aromatic rings. The van der Waals surface area contributed by atoms with E-state index >= 15 is 0 Å². The zero-order valence-corrected chi connectivity index (χ0v) is 17.4. The fraction of sp³-hybridized carbons (Fsp3) is 0.500. The Hall–Kier alpha value is -1.91. The minimum absolute atomic E-state index is 0.108. The van der Waals surface area contributed by atoms with Crippen molar-refractivity contribution in [2.75, 3.05) is 27.7 Å². The van der Waals surface area contributed by atoms with Gasteiger partial charge in [0.2, 0.25) is 0 Å². The Morgan fingerprint density at radius 1 is 1.21 bits per heavy atom. The van der Waals surface area contributed by atoms with Crippen LogP contribution in [0.15, 0.2) is 42.5 Å². The lowest BCUT2D eigenvalue weighted by Crippen LogP contribution is -2.45. The van der Waals surface area contributed by atoms with E-state index in [0.717, 1.165) is 37.1 Å². The lowest BCUT2D eigenvalue weighted by atomic mass is 9.66. The first-order valence-corrected chi connectivity index (χ1v) is 10.1. The molecule has 1 aliphatic rings. The first-order chi connectivity index (χ1) is 13.3. The molecule has 0 aromatic heterocycles. The largest absolute Gasteiger partial charge is 0.497 e. The molecule has 0 bridgehead atoms. The molecule has 3 unspecified atom stereocenters. The van der Waals surface area contributed by atoms with Gasteiger partial charge in [0.05, 0.1) is 12.7 Å². The van der Waals surface area contributed by atoms with Crippen LogP contribution in [-0.4, -0.2) is 37.8 Å². The highest BCUT2D eigenvalue weighted by Gasteiger charge is 2.43. The molecule has 0 amide bonds. The molecule has 0 spiro atoms. The third-order valence-corrected chi connectivity index (χ3v) is 6.13. The van der Waals surface area contributed by atoms with E-state index in [1.54, 1.807) is 20.1 Å². The molecule has 3 atom stereocenters. The average Bonchev–Trinajstić information content (AvgIpc) is 2.66. The van der Waals surface area contributed by atoms with Crippen LogP contribution in [0.25, 0.3) is 0 Å². The molecule has 1 fully saturated rings. The van der Waals surface area contributed by atoms with Crippen LogP contribution in [0.3, 0.4) is 0 Å². The van der Waals surface area contributed by atoms with Crippen molar-refractivity contribution < 1.29 is 14.2 Å². The summed E-state index contributed by atoms with van der Waals surface area (Å²) in [6.07, 6.45) is 3.58. The maximum Gasteiger partial charge on any atom is 0.126 e. The van der Waals surface area contributed by atoms with Gasteiger partial charge in [0.15, 0.2) is 0 Å². The average molecular weight is 386 g/mol. The van der Waals surface area contributed by atoms with E-state index in [4.69, 9.17) is 4.74 Å². The molecule has 1 saturated carbocycles. The van der Waals surface area contributed by atoms with Crippen molar-refractivity contribution in [1.82, 2.24) is 4.90 Å². The number of rotatable bonds is 6. The third kappa shape index (κ3) is 4.56. The van der Waals surface area contributed by atoms with E-state index in [1.807, 2.05) is 32.3 Å². The van der Waals surface area contributed by atoms with Gasteiger partial charge in [0.1, 0.15) is 11.6 Å². The highest BCUT2D eigenvalue weighted by Crippen LogP contribution is 2.45. The summed E-state index contributed by atoms with van der Waals surface area (Å²) in [7, 11) is 5.78. The van der Waals surface area contributed by atoms with Gasteiger partial charge in [-0.15, -0.1) is 0 Å². The van der Waals surface area contributed by atoms with Gasteiger partial charge < -0.3 is 14.7 Å². The first kappa shape index (κ1) is 20.8. The second-order valence-electron chi connectivity index (χ2n) is 8.54. The second-order valence-corrected chi connectivity index (χ2v) is 8.54. The van der Waals surface area contributed by atoms with Crippen molar-refractivity contribution in [3.05, 3.63) is 65.0 Å². The maximum absolute atomic E-state index is 13.8. The number of ether oxygens (including phenoxy) is 1. The molecule has 3 rings (SSSR count). The van der Waals surface area contributed by atoms with Gasteiger partial charge in [-0.05, 0) is 87.5 Å². The van der Waals surface area contributed by atoms with Crippen LogP contribution in [-0.2, 0) is 12.0 Å². The molecule has 3 nitrogen and oxygen atoms in total. The van der Waals surface area contributed by atoms with Crippen LogP contribution < -0.4 is 4.74 Å². The molecule has 0 radical (unpaired) electrons. The van der Waals surface area contributed by atoms with Gasteiger partial charge >= 0.3 is 0 Å². The predicted octanol–water partition coefficient (Wildman–Crippen LogP) is 4.55. The Balaban J connectivity index is 1.81. The van der Waals surface area contributed by atoms with Crippen LogP contribution in [0, 0.1) is 24.6 Å². The van der Waals surface area contributed by atoms with Gasteiger partial charge in [-0.2, -0.15) is 0 Å². The van der Waals surface area contributed by atoms with Gasteiger partial charge in [0, 0.05) is 12.5 Å². The maximum atomic E-state index is 13.8. The lowest BCUT2D eigenvalue weighted by Gasteiger charge is -2.45. The number of hydrogen-bond acceptors (Lipinski definition) is 3. The van der Waals surface area contributed by atoms with Crippen molar-refractivity contribution in [3.63, 3.8) is 0 Å². The fourth-order valence-electron chi connectivity index (χ4n) is 4.62. The van der Waals surface area contributed by atoms with E-state index in [0.29, 0.717) is 17.9 Å². The Morgan fingerprint density at radius 2 is 2.00 bits per heavy atom. The summed E-state index contributed by atoms with van der Waals surface area (Å²) in [5.41, 5.74) is 1.80. The van der Waals surface area contributed by atoms with Gasteiger partial charge in [0.25, 0.3) is 0 Å². The number of hydrogen-bond donors (Lipinski definition) is 1. The van der Waals surface area contributed by atoms with Crippen molar-refractivity contribution in [3.8, 4) is 5.75 Å². The SMILES string of the molecule is COc1cccc(CC2CCC(O)(c3ccc(F)c(C)c3)C(CN(C)C)C2)c1. The molecule has 0 heterocycles. The lowest BCUT2D eigenvalue weighted by molar-refractivity contribution is -0.0753. The second kappa shape index (κ2) is 8.62. The van der Waals surface area contributed by atoms with Crippen LogP contribution in [0.5, 0.6) is 5.75 Å². The monoisotopic (exact) mass is 385 g/mol. The fourth-order valence-corrected chi connectivity index (χ4v) is 4.62. The minimum Gasteiger partial charge on any atom is -0.497 e. The summed E-state index contributed by atoms with van der Waals surface area (Å²) in [5, 5.41) is 11.7. The van der Waals surface area contributed by atoms with Gasteiger partial charge in [-0.3, -0.25) is 0 Å². The highest BCUT2D eigenvalue weighted by molar-refractivity contribution is 5.31. The molecule has 0 saturated heterocycles. The standard InChI is InChI=1S/C24H32FNO2/c1-17-12-20(8-9-23(17)25)24(27)11-10-19(14-21(24)16-26(2)3)13-18-6-5-7-22(15-18)28-4/h5-9,12,15,19,21,27H,10-11,13-14,16H2,1-4H3. The van der Waals surface area contributed by atoms with E-state index in [9.17, 15) is 9.50 Å². The van der Waals surface area contributed by atoms with Crippen LogP contribution in [0.2, 0.25) is 0 Å². The molecule has 4 heteroatoms. The van der Waals surface area contributed by atoms with E-state index < -0.39 is 5.60 Å². The van der Waals surface area contributed by atoms with Crippen LogP contribution in [0.4, 0.5) is 4.39 Å². The van der Waals surface area contributed by atoms with Crippen molar-refractivity contribution >= 4 is 0 Å². The van der Waals surface area contributed by atoms with E-state index in [1.165, 1.54) is 11.6 Å². The molecule has 152 valence electrons. The minimum atomic E-state index is -0.909. The number of benzene rings is 2. The summed E-state index contributed by atoms with van der Waals surface area (Å²) >= 11 is 0. The Kier molecular flexibility index (Phi) is 6.41. The predicted molar refractivity (Wildman–Crippen MR) is 111 cm³/mol. The van der Waals surface area contributed by atoms with Gasteiger partial charge in [-0.25, -0.2) is 4.39 Å². The molecule has 1 aliphatic carbocycles. The number of aliphatic hydroxyl groups is 1. The summed E-state index contributed by atoms with van der Waals surface area (Å²) in [4.78, 5) is 2.14. The number of halogens is 1. The normalized spacial score (nSPS) is 25.1. The molecule has 1 N–H and O–H groups in total. The summed E-state index contributed by atoms with van der Waals surface area (Å²) in [6.45, 7) is 2.57. The smallest absolute Gasteiger partial charge is 0.126 e. The molecule has 2 aromatic carbocycles. The highest BCUT2D eigenvalue weighted by atomic mass is 19.1. The summed E-state index contributed by atoms with van der Waals surface area (Å²) in [5.74, 6) is 1.29. The van der Waals surface area contributed by atoms with Crippen molar-refractivity contribution in [1.29, 1.82) is 0 Å². The third-order valence-electron chi connectivity index (χ3n) is 6.13. The van der Waals surface area contributed by atoms with Crippen molar-refractivity contribution in [2.24, 2.45) is 11.8 Å². The summed E-state index contributed by atoms with van der Waals surface area (Å²) in [6, 6.07) is 13.3. The Morgan fingerprint density at radius 3 is 2.68 bits per heavy atom. The zero-order valence-electron chi connectivity index (χ0n) is 17.4. The molecular weight excluding hydrogens is 353 g/mol. The number of nitrogens with zero attached hydrogens (tertiary/aromatic N) is 1. The topological polar surface area (TPSA) is 32.7 Å². The van der Waals surface area contributed by atoms with Crippen molar-refractivity contribution in [2.45, 2.75) is 38.2 Å².